The van der Waals surface area contributed by atoms with Gasteiger partial charge in [-0.05, 0) is 47.3 Å². The van der Waals surface area contributed by atoms with E-state index in [2.05, 4.69) is 69.2 Å². The van der Waals surface area contributed by atoms with E-state index in [0.717, 1.165) is 23.7 Å². The van der Waals surface area contributed by atoms with E-state index >= 15 is 0 Å². The fourth-order valence-electron chi connectivity index (χ4n) is 3.62. The largest absolute Gasteiger partial charge is 0.0651 e. The van der Waals surface area contributed by atoms with Crippen LogP contribution in [-0.2, 0) is 0 Å². The lowest BCUT2D eigenvalue weighted by molar-refractivity contribution is 0.0461. The molecule has 0 aromatic carbocycles. The van der Waals surface area contributed by atoms with Gasteiger partial charge in [0, 0.05) is 0 Å². The highest BCUT2D eigenvalue weighted by molar-refractivity contribution is 4.88. The van der Waals surface area contributed by atoms with Crippen LogP contribution in [0.2, 0.25) is 0 Å². The Morgan fingerprint density at radius 3 is 1.60 bits per heavy atom. The zero-order valence-electron chi connectivity index (χ0n) is 16.1. The van der Waals surface area contributed by atoms with E-state index in [1.807, 2.05) is 0 Å². The quantitative estimate of drug-likeness (QED) is 0.420. The van der Waals surface area contributed by atoms with Crippen LogP contribution in [0.15, 0.2) is 0 Å². The number of rotatable bonds is 9. The van der Waals surface area contributed by atoms with Gasteiger partial charge >= 0.3 is 0 Å². The summed E-state index contributed by atoms with van der Waals surface area (Å²) in [6.45, 7) is 24.3. The molecule has 0 aromatic rings. The summed E-state index contributed by atoms with van der Waals surface area (Å²) < 4.78 is 0. The molecule has 4 unspecified atom stereocenters. The predicted octanol–water partition coefficient (Wildman–Crippen LogP) is 7.18. The van der Waals surface area contributed by atoms with Crippen LogP contribution in [0.3, 0.4) is 0 Å². The van der Waals surface area contributed by atoms with Crippen molar-refractivity contribution in [2.75, 3.05) is 0 Å². The van der Waals surface area contributed by atoms with Gasteiger partial charge in [-0.15, -0.1) is 0 Å². The molecule has 0 amide bonds. The maximum Gasteiger partial charge on any atom is -0.0274 e. The summed E-state index contributed by atoms with van der Waals surface area (Å²) in [5.74, 6) is 3.16. The lowest BCUT2D eigenvalue weighted by atomic mass is 9.60. The Labute approximate surface area is 130 Å². The summed E-state index contributed by atoms with van der Waals surface area (Å²) in [5, 5.41) is 0. The van der Waals surface area contributed by atoms with E-state index in [0.29, 0.717) is 10.8 Å². The molecule has 0 fully saturated rings. The Balaban J connectivity index is 5.03. The van der Waals surface area contributed by atoms with Gasteiger partial charge in [0.15, 0.2) is 0 Å². The molecule has 0 saturated heterocycles. The lowest BCUT2D eigenvalue weighted by Gasteiger charge is -2.45. The van der Waals surface area contributed by atoms with Gasteiger partial charge in [-0.2, -0.15) is 0 Å². The Kier molecular flexibility index (Phi) is 7.85. The number of hydrogen-bond acceptors (Lipinski definition) is 0. The summed E-state index contributed by atoms with van der Waals surface area (Å²) in [6.07, 6.45) is 5.37. The van der Waals surface area contributed by atoms with Crippen molar-refractivity contribution in [2.24, 2.45) is 34.5 Å². The summed E-state index contributed by atoms with van der Waals surface area (Å²) in [4.78, 5) is 0. The first-order valence-corrected chi connectivity index (χ1v) is 9.05. The molecular formula is C20H42. The third-order valence-electron chi connectivity index (χ3n) is 7.20. The third-order valence-corrected chi connectivity index (χ3v) is 7.20. The summed E-state index contributed by atoms with van der Waals surface area (Å²) in [7, 11) is 0. The topological polar surface area (TPSA) is 0 Å². The molecule has 0 radical (unpaired) electrons. The molecule has 0 bridgehead atoms. The minimum absolute atomic E-state index is 0.470. The van der Waals surface area contributed by atoms with Crippen molar-refractivity contribution in [1.82, 2.24) is 0 Å². The fourth-order valence-corrected chi connectivity index (χ4v) is 3.62. The second-order valence-corrected chi connectivity index (χ2v) is 8.51. The van der Waals surface area contributed by atoms with Gasteiger partial charge < -0.3 is 0 Å². The van der Waals surface area contributed by atoms with Crippen molar-refractivity contribution in [3.63, 3.8) is 0 Å². The molecule has 0 aliphatic heterocycles. The first-order valence-electron chi connectivity index (χ1n) is 9.05. The first-order chi connectivity index (χ1) is 9.05. The highest BCUT2D eigenvalue weighted by atomic mass is 14.4. The van der Waals surface area contributed by atoms with Crippen LogP contribution in [0.4, 0.5) is 0 Å². The molecule has 0 spiro atoms. The Morgan fingerprint density at radius 1 is 0.800 bits per heavy atom. The predicted molar refractivity (Wildman–Crippen MR) is 94.0 cm³/mol. The molecule has 0 aliphatic carbocycles. The highest BCUT2D eigenvalue weighted by Crippen LogP contribution is 2.48. The van der Waals surface area contributed by atoms with Crippen LogP contribution < -0.4 is 0 Å². The van der Waals surface area contributed by atoms with E-state index in [1.165, 1.54) is 25.7 Å². The van der Waals surface area contributed by atoms with E-state index in [-0.39, 0.29) is 0 Å². The third kappa shape index (κ3) is 4.50. The minimum atomic E-state index is 0.470. The van der Waals surface area contributed by atoms with Crippen LogP contribution in [-0.4, -0.2) is 0 Å². The first kappa shape index (κ1) is 20.0. The zero-order chi connectivity index (χ0) is 16.1. The fraction of sp³-hybridized carbons (Fsp3) is 1.00. The Morgan fingerprint density at radius 2 is 1.30 bits per heavy atom. The maximum absolute atomic E-state index is 2.54. The average molecular weight is 283 g/mol. The molecule has 122 valence electrons. The molecule has 0 heterocycles. The van der Waals surface area contributed by atoms with Crippen molar-refractivity contribution in [3.8, 4) is 0 Å². The van der Waals surface area contributed by atoms with E-state index < -0.39 is 0 Å². The SMILES string of the molecule is CCC(C)C(C)(CC)CCC(C)(C(C)C)C(C)C(C)C. The van der Waals surface area contributed by atoms with Gasteiger partial charge in [-0.1, -0.05) is 82.1 Å². The minimum Gasteiger partial charge on any atom is -0.0651 e. The molecule has 0 nitrogen and oxygen atoms in total. The Hall–Kier alpha value is 0. The van der Waals surface area contributed by atoms with Crippen LogP contribution in [0.25, 0.3) is 0 Å². The van der Waals surface area contributed by atoms with Gasteiger partial charge in [0.05, 0.1) is 0 Å². The van der Waals surface area contributed by atoms with Crippen LogP contribution in [0.5, 0.6) is 0 Å². The van der Waals surface area contributed by atoms with Crippen molar-refractivity contribution in [2.45, 2.75) is 94.9 Å². The molecule has 0 rings (SSSR count). The molecule has 0 aliphatic rings. The van der Waals surface area contributed by atoms with E-state index in [1.54, 1.807) is 0 Å². The highest BCUT2D eigenvalue weighted by Gasteiger charge is 2.38. The average Bonchev–Trinajstić information content (AvgIpc) is 2.41. The summed E-state index contributed by atoms with van der Waals surface area (Å²) in [5.41, 5.74) is 0.986. The Bertz CT molecular complexity index is 265. The maximum atomic E-state index is 2.54. The van der Waals surface area contributed by atoms with Gasteiger partial charge in [-0.3, -0.25) is 0 Å². The van der Waals surface area contributed by atoms with Gasteiger partial charge in [-0.25, -0.2) is 0 Å². The molecule has 0 saturated carbocycles. The summed E-state index contributed by atoms with van der Waals surface area (Å²) in [6, 6.07) is 0. The van der Waals surface area contributed by atoms with Crippen molar-refractivity contribution in [1.29, 1.82) is 0 Å². The monoisotopic (exact) mass is 282 g/mol. The standard InChI is InChI=1S/C20H42/c1-11-17(7)19(9,12-2)13-14-20(10,16(5)6)18(8)15(3)4/h15-18H,11-14H2,1-10H3. The van der Waals surface area contributed by atoms with Gasteiger partial charge in [0.1, 0.15) is 0 Å². The molecule has 4 atom stereocenters. The second-order valence-electron chi connectivity index (χ2n) is 8.51. The molecule has 20 heavy (non-hydrogen) atoms. The van der Waals surface area contributed by atoms with Crippen molar-refractivity contribution in [3.05, 3.63) is 0 Å². The lowest BCUT2D eigenvalue weighted by Crippen LogP contribution is -2.36. The van der Waals surface area contributed by atoms with Crippen LogP contribution >= 0.6 is 0 Å². The zero-order valence-corrected chi connectivity index (χ0v) is 16.1. The molecular weight excluding hydrogens is 240 g/mol. The number of hydrogen-bond donors (Lipinski definition) is 0. The van der Waals surface area contributed by atoms with Gasteiger partial charge in [0.2, 0.25) is 0 Å². The van der Waals surface area contributed by atoms with Crippen molar-refractivity contribution < 1.29 is 0 Å². The van der Waals surface area contributed by atoms with Crippen LogP contribution in [0, 0.1) is 34.5 Å². The van der Waals surface area contributed by atoms with E-state index in [4.69, 9.17) is 0 Å². The van der Waals surface area contributed by atoms with Crippen molar-refractivity contribution >= 4 is 0 Å². The van der Waals surface area contributed by atoms with Crippen LogP contribution in [0.1, 0.15) is 94.9 Å². The normalized spacial score (nSPS) is 21.6. The van der Waals surface area contributed by atoms with E-state index in [9.17, 15) is 0 Å². The smallest absolute Gasteiger partial charge is 0.0274 e. The second kappa shape index (κ2) is 7.85. The van der Waals surface area contributed by atoms with Gasteiger partial charge in [0.25, 0.3) is 0 Å². The molecule has 0 aromatic heterocycles. The molecule has 0 heteroatoms. The summed E-state index contributed by atoms with van der Waals surface area (Å²) >= 11 is 0. The molecule has 0 N–H and O–H groups in total.